The van der Waals surface area contributed by atoms with Crippen molar-refractivity contribution in [3.05, 3.63) is 35.4 Å². The van der Waals surface area contributed by atoms with E-state index in [9.17, 15) is 0 Å². The molecule has 1 N–H and O–H groups in total. The Morgan fingerprint density at radius 1 is 1.20 bits per heavy atom. The third-order valence-corrected chi connectivity index (χ3v) is 1.89. The van der Waals surface area contributed by atoms with Crippen LogP contribution in [-0.4, -0.2) is 51.4 Å². The number of rotatable bonds is 0. The molecule has 68 valence electrons. The first-order chi connectivity index (χ1) is 6.86. The van der Waals surface area contributed by atoms with E-state index >= 15 is 0 Å². The van der Waals surface area contributed by atoms with E-state index in [0.717, 1.165) is 5.56 Å². The summed E-state index contributed by atoms with van der Waals surface area (Å²) in [4.78, 5) is 5.09. The normalized spacial score (nSPS) is 10.9. The summed E-state index contributed by atoms with van der Waals surface area (Å²) in [5.41, 5.74) is 3.76. The van der Waals surface area contributed by atoms with E-state index in [1.54, 1.807) is 12.1 Å². The summed E-state index contributed by atoms with van der Waals surface area (Å²) in [7, 11) is 0. The zero-order chi connectivity index (χ0) is 9.97. The molecular formula is C10H6KN3O. The van der Waals surface area contributed by atoms with Gasteiger partial charge in [0, 0.05) is 5.56 Å². The molecular weight excluding hydrogens is 217 g/mol. The van der Waals surface area contributed by atoms with E-state index in [1.807, 2.05) is 24.3 Å². The zero-order valence-electron chi connectivity index (χ0n) is 7.11. The molecule has 0 saturated heterocycles. The summed E-state index contributed by atoms with van der Waals surface area (Å²) < 4.78 is 0. The number of hydrogen-bond donors (Lipinski definition) is 1. The number of hydroxylamine groups is 1. The number of nitrogens with one attached hydrogen (secondary N) is 1. The van der Waals surface area contributed by atoms with E-state index in [1.165, 1.54) is 0 Å². The molecule has 0 saturated carbocycles. The first-order valence-electron chi connectivity index (χ1n) is 3.93. The molecule has 0 aromatic heterocycles. The van der Waals surface area contributed by atoms with Crippen LogP contribution < -0.4 is 10.3 Å². The number of allylic oxidation sites excluding steroid dienone is 1. The average Bonchev–Trinajstić information content (AvgIpc) is 2.65. The van der Waals surface area contributed by atoms with E-state index in [4.69, 9.17) is 15.4 Å². The minimum atomic E-state index is 0. The van der Waals surface area contributed by atoms with Crippen LogP contribution in [-0.2, 0) is 0 Å². The molecule has 5 heteroatoms. The van der Waals surface area contributed by atoms with Gasteiger partial charge in [0.05, 0.1) is 0 Å². The molecule has 0 amide bonds. The average molecular weight is 223 g/mol. The summed E-state index contributed by atoms with van der Waals surface area (Å²) in [6.07, 6.45) is 0. The molecule has 0 atom stereocenters. The molecule has 0 unspecified atom stereocenters. The molecule has 1 aromatic carbocycles. The van der Waals surface area contributed by atoms with Crippen LogP contribution in [0.2, 0.25) is 0 Å². The van der Waals surface area contributed by atoms with Crippen molar-refractivity contribution < 1.29 is 4.84 Å². The van der Waals surface area contributed by atoms with Gasteiger partial charge in [-0.25, -0.2) is 5.48 Å². The van der Waals surface area contributed by atoms with Gasteiger partial charge in [0.1, 0.15) is 17.8 Å². The Balaban J connectivity index is 0.00000112. The predicted octanol–water partition coefficient (Wildman–Crippen LogP) is 0.693. The molecule has 0 spiro atoms. The van der Waals surface area contributed by atoms with Gasteiger partial charge in [0.2, 0.25) is 0 Å². The van der Waals surface area contributed by atoms with Crippen LogP contribution in [0.3, 0.4) is 0 Å². The van der Waals surface area contributed by atoms with Gasteiger partial charge in [-0.15, -0.1) is 0 Å². The summed E-state index contributed by atoms with van der Waals surface area (Å²) >= 11 is 0. The Morgan fingerprint density at radius 3 is 2.53 bits per heavy atom. The topological polar surface area (TPSA) is 68.8 Å². The molecule has 1 aliphatic rings. The van der Waals surface area contributed by atoms with Gasteiger partial charge < -0.3 is 4.84 Å². The molecule has 4 nitrogen and oxygen atoms in total. The van der Waals surface area contributed by atoms with Crippen molar-refractivity contribution in [2.75, 3.05) is 0 Å². The standard InChI is InChI=1S/C10H5N3O.K.H/c11-5-7(6-12)10-8-3-1-2-4-9(8)14-13-10;;/h1-4,13H;;. The van der Waals surface area contributed by atoms with Crippen LogP contribution >= 0.6 is 0 Å². The Kier molecular flexibility index (Phi) is 4.34. The molecule has 0 aliphatic carbocycles. The van der Waals surface area contributed by atoms with Crippen molar-refractivity contribution in [3.63, 3.8) is 0 Å². The van der Waals surface area contributed by atoms with Crippen LogP contribution in [0, 0.1) is 22.7 Å². The van der Waals surface area contributed by atoms with E-state index in [2.05, 4.69) is 5.48 Å². The van der Waals surface area contributed by atoms with Crippen molar-refractivity contribution >= 4 is 57.1 Å². The van der Waals surface area contributed by atoms with Gasteiger partial charge >= 0.3 is 51.4 Å². The molecule has 1 aliphatic heterocycles. The van der Waals surface area contributed by atoms with Crippen molar-refractivity contribution in [2.45, 2.75) is 0 Å². The summed E-state index contributed by atoms with van der Waals surface area (Å²) in [5.74, 6) is 0.630. The van der Waals surface area contributed by atoms with Crippen molar-refractivity contribution in [1.29, 1.82) is 10.5 Å². The van der Waals surface area contributed by atoms with Gasteiger partial charge in [-0.05, 0) is 12.1 Å². The molecule has 1 heterocycles. The molecule has 15 heavy (non-hydrogen) atoms. The SMILES string of the molecule is N#CC(C#N)=C1NOc2ccccc21.[KH]. The van der Waals surface area contributed by atoms with Crippen LogP contribution in [0.25, 0.3) is 5.70 Å². The van der Waals surface area contributed by atoms with Crippen molar-refractivity contribution in [3.8, 4) is 17.9 Å². The first kappa shape index (κ1) is 12.2. The number of nitriles is 2. The second-order valence-corrected chi connectivity index (χ2v) is 2.67. The summed E-state index contributed by atoms with van der Waals surface area (Å²) in [6, 6.07) is 10.8. The number of hydrogen-bond acceptors (Lipinski definition) is 4. The summed E-state index contributed by atoms with van der Waals surface area (Å²) in [5, 5.41) is 17.4. The van der Waals surface area contributed by atoms with Crippen LogP contribution in [0.4, 0.5) is 0 Å². The fraction of sp³-hybridized carbons (Fsp3) is 0. The Bertz CT molecular complexity index is 480. The minimum absolute atomic E-state index is 0. The van der Waals surface area contributed by atoms with E-state index < -0.39 is 0 Å². The third-order valence-electron chi connectivity index (χ3n) is 1.89. The van der Waals surface area contributed by atoms with E-state index in [-0.39, 0.29) is 57.0 Å². The van der Waals surface area contributed by atoms with Crippen LogP contribution in [0.15, 0.2) is 29.8 Å². The van der Waals surface area contributed by atoms with Gasteiger partial charge in [0.15, 0.2) is 11.3 Å². The molecule has 2 rings (SSSR count). The number of para-hydroxylation sites is 1. The maximum atomic E-state index is 8.69. The quantitative estimate of drug-likeness (QED) is 0.519. The summed E-state index contributed by atoms with van der Waals surface area (Å²) in [6.45, 7) is 0. The third kappa shape index (κ3) is 2.23. The number of benzene rings is 1. The molecule has 1 aromatic rings. The fourth-order valence-corrected chi connectivity index (χ4v) is 1.25. The van der Waals surface area contributed by atoms with Crippen LogP contribution in [0.1, 0.15) is 5.56 Å². The Morgan fingerprint density at radius 2 is 1.87 bits per heavy atom. The van der Waals surface area contributed by atoms with Gasteiger partial charge in [0.25, 0.3) is 0 Å². The van der Waals surface area contributed by atoms with Gasteiger partial charge in [-0.2, -0.15) is 10.5 Å². The first-order valence-corrected chi connectivity index (χ1v) is 3.93. The van der Waals surface area contributed by atoms with Crippen LogP contribution in [0.5, 0.6) is 5.75 Å². The molecule has 0 radical (unpaired) electrons. The number of fused-ring (bicyclic) bond motifs is 1. The van der Waals surface area contributed by atoms with Gasteiger partial charge in [-0.1, -0.05) is 12.1 Å². The van der Waals surface area contributed by atoms with Gasteiger partial charge in [-0.3, -0.25) is 0 Å². The van der Waals surface area contributed by atoms with E-state index in [0.29, 0.717) is 11.4 Å². The second kappa shape index (κ2) is 5.31. The zero-order valence-corrected chi connectivity index (χ0v) is 7.11. The fourth-order valence-electron chi connectivity index (χ4n) is 1.25. The molecule has 0 bridgehead atoms. The monoisotopic (exact) mass is 223 g/mol. The maximum absolute atomic E-state index is 8.69. The van der Waals surface area contributed by atoms with Crippen molar-refractivity contribution in [2.24, 2.45) is 0 Å². The Hall–Kier alpha value is -0.824. The van der Waals surface area contributed by atoms with Crippen molar-refractivity contribution in [1.82, 2.24) is 5.48 Å². The Labute approximate surface area is 130 Å². The predicted molar refractivity (Wildman–Crippen MR) is 55.5 cm³/mol. The number of nitrogens with zero attached hydrogens (tertiary/aromatic N) is 2. The second-order valence-electron chi connectivity index (χ2n) is 2.67. The molecule has 0 fully saturated rings.